The summed E-state index contributed by atoms with van der Waals surface area (Å²) >= 11 is 0. The molecule has 0 aliphatic heterocycles. The van der Waals surface area contributed by atoms with Gasteiger partial charge < -0.3 is 10.6 Å². The first-order valence-electron chi connectivity index (χ1n) is 6.33. The Morgan fingerprint density at radius 3 is 3.00 bits per heavy atom. The summed E-state index contributed by atoms with van der Waals surface area (Å²) in [6.45, 7) is 6.09. The van der Waals surface area contributed by atoms with Crippen LogP contribution in [0.3, 0.4) is 0 Å². The first-order valence-corrected chi connectivity index (χ1v) is 6.33. The smallest absolute Gasteiger partial charge is 0.315 e. The van der Waals surface area contributed by atoms with E-state index in [4.69, 9.17) is 5.26 Å². The maximum atomic E-state index is 11.7. The predicted molar refractivity (Wildman–Crippen MR) is 75.4 cm³/mol. The van der Waals surface area contributed by atoms with Gasteiger partial charge in [0.2, 0.25) is 0 Å². The third-order valence-electron chi connectivity index (χ3n) is 2.79. The van der Waals surface area contributed by atoms with Crippen LogP contribution in [0, 0.1) is 11.3 Å². The van der Waals surface area contributed by atoms with E-state index in [1.165, 1.54) is 0 Å². The summed E-state index contributed by atoms with van der Waals surface area (Å²) in [4.78, 5) is 11.7. The highest BCUT2D eigenvalue weighted by atomic mass is 16.2. The van der Waals surface area contributed by atoms with Gasteiger partial charge in [-0.05, 0) is 30.5 Å². The monoisotopic (exact) mass is 257 g/mol. The molecule has 0 saturated heterocycles. The van der Waals surface area contributed by atoms with Gasteiger partial charge in [0.1, 0.15) is 0 Å². The van der Waals surface area contributed by atoms with Crippen molar-refractivity contribution in [2.75, 3.05) is 0 Å². The summed E-state index contributed by atoms with van der Waals surface area (Å²) in [6, 6.07) is 9.17. The number of amides is 2. The Bertz CT molecular complexity index is 477. The Balaban J connectivity index is 2.45. The van der Waals surface area contributed by atoms with Crippen LogP contribution in [0.1, 0.15) is 30.9 Å². The fraction of sp³-hybridized carbons (Fsp3) is 0.333. The average molecular weight is 257 g/mol. The van der Waals surface area contributed by atoms with Crippen LogP contribution in [-0.2, 0) is 6.54 Å². The van der Waals surface area contributed by atoms with Crippen LogP contribution >= 0.6 is 0 Å². The molecule has 4 heteroatoms. The molecular weight excluding hydrogens is 238 g/mol. The topological polar surface area (TPSA) is 64.9 Å². The molecule has 0 bridgehead atoms. The summed E-state index contributed by atoms with van der Waals surface area (Å²) in [5, 5.41) is 14.5. The normalized spacial score (nSPS) is 11.2. The van der Waals surface area contributed by atoms with E-state index in [0.29, 0.717) is 12.1 Å². The number of nitriles is 1. The largest absolute Gasteiger partial charge is 0.335 e. The summed E-state index contributed by atoms with van der Waals surface area (Å²) < 4.78 is 0. The number of rotatable bonds is 6. The molecule has 0 aromatic heterocycles. The third-order valence-corrected chi connectivity index (χ3v) is 2.79. The van der Waals surface area contributed by atoms with Gasteiger partial charge >= 0.3 is 6.03 Å². The molecule has 0 aliphatic carbocycles. The standard InChI is InChI=1S/C15H19N3O/c1-3-6-14(4-2)18-15(19)17-11-13-8-5-7-12(9-13)10-16/h3,5,7-9,14H,1,4,6,11H2,2H3,(H2,17,18,19)/t14-/m1/s1. The Hall–Kier alpha value is -2.28. The number of carbonyl (C=O) groups is 1. The maximum absolute atomic E-state index is 11.7. The van der Waals surface area contributed by atoms with Crippen LogP contribution in [0.4, 0.5) is 4.79 Å². The van der Waals surface area contributed by atoms with Gasteiger partial charge in [-0.25, -0.2) is 4.79 Å². The molecule has 2 N–H and O–H groups in total. The van der Waals surface area contributed by atoms with Crippen molar-refractivity contribution >= 4 is 6.03 Å². The van der Waals surface area contributed by atoms with Crippen LogP contribution in [0.2, 0.25) is 0 Å². The van der Waals surface area contributed by atoms with E-state index in [-0.39, 0.29) is 12.1 Å². The lowest BCUT2D eigenvalue weighted by molar-refractivity contribution is 0.236. The SMILES string of the molecule is C=CC[C@@H](CC)NC(=O)NCc1cccc(C#N)c1. The lowest BCUT2D eigenvalue weighted by Gasteiger charge is -2.15. The third kappa shape index (κ3) is 5.26. The zero-order chi connectivity index (χ0) is 14.1. The number of benzene rings is 1. The van der Waals surface area contributed by atoms with Crippen LogP contribution < -0.4 is 10.6 Å². The number of carbonyl (C=O) groups excluding carboxylic acids is 1. The molecule has 100 valence electrons. The molecule has 1 aromatic carbocycles. The summed E-state index contributed by atoms with van der Waals surface area (Å²) in [5.41, 5.74) is 1.50. The Morgan fingerprint density at radius 2 is 2.37 bits per heavy atom. The molecule has 1 atom stereocenters. The van der Waals surface area contributed by atoms with E-state index in [9.17, 15) is 4.79 Å². The van der Waals surface area contributed by atoms with Crippen LogP contribution in [-0.4, -0.2) is 12.1 Å². The van der Waals surface area contributed by atoms with Crippen molar-refractivity contribution in [3.8, 4) is 6.07 Å². The van der Waals surface area contributed by atoms with Gasteiger partial charge in [-0.1, -0.05) is 25.1 Å². The van der Waals surface area contributed by atoms with Crippen LogP contribution in [0.25, 0.3) is 0 Å². The summed E-state index contributed by atoms with van der Waals surface area (Å²) in [7, 11) is 0. The zero-order valence-corrected chi connectivity index (χ0v) is 11.1. The minimum Gasteiger partial charge on any atom is -0.335 e. The van der Waals surface area contributed by atoms with Gasteiger partial charge in [0.15, 0.2) is 0 Å². The van der Waals surface area contributed by atoms with Crippen molar-refractivity contribution < 1.29 is 4.79 Å². The van der Waals surface area contributed by atoms with Crippen molar-refractivity contribution in [1.29, 1.82) is 5.26 Å². The second-order valence-corrected chi connectivity index (χ2v) is 4.27. The molecule has 19 heavy (non-hydrogen) atoms. The first kappa shape index (κ1) is 14.8. The van der Waals surface area contributed by atoms with Crippen molar-refractivity contribution in [3.05, 3.63) is 48.0 Å². The summed E-state index contributed by atoms with van der Waals surface area (Å²) in [6.07, 6.45) is 3.42. The highest BCUT2D eigenvalue weighted by molar-refractivity contribution is 5.74. The fourth-order valence-electron chi connectivity index (χ4n) is 1.70. The van der Waals surface area contributed by atoms with Gasteiger partial charge in [0, 0.05) is 12.6 Å². The van der Waals surface area contributed by atoms with E-state index in [0.717, 1.165) is 18.4 Å². The van der Waals surface area contributed by atoms with Crippen molar-refractivity contribution in [2.24, 2.45) is 0 Å². The molecule has 0 spiro atoms. The molecule has 4 nitrogen and oxygen atoms in total. The van der Waals surface area contributed by atoms with Crippen molar-refractivity contribution in [1.82, 2.24) is 10.6 Å². The quantitative estimate of drug-likeness (QED) is 0.769. The van der Waals surface area contributed by atoms with Gasteiger partial charge in [0.25, 0.3) is 0 Å². The minimum atomic E-state index is -0.198. The van der Waals surface area contributed by atoms with Crippen LogP contribution in [0.5, 0.6) is 0 Å². The average Bonchev–Trinajstić information content (AvgIpc) is 2.45. The highest BCUT2D eigenvalue weighted by Gasteiger charge is 2.08. The lowest BCUT2D eigenvalue weighted by Crippen LogP contribution is -2.41. The predicted octanol–water partition coefficient (Wildman–Crippen LogP) is 2.71. The second kappa shape index (κ2) is 7.93. The van der Waals surface area contributed by atoms with Crippen molar-refractivity contribution in [3.63, 3.8) is 0 Å². The molecule has 1 rings (SSSR count). The van der Waals surface area contributed by atoms with E-state index < -0.39 is 0 Å². The Labute approximate surface area is 114 Å². The number of hydrogen-bond donors (Lipinski definition) is 2. The molecule has 0 saturated carbocycles. The minimum absolute atomic E-state index is 0.114. The molecule has 0 aliphatic rings. The molecular formula is C15H19N3O. The summed E-state index contributed by atoms with van der Waals surface area (Å²) in [5.74, 6) is 0. The zero-order valence-electron chi connectivity index (χ0n) is 11.1. The molecule has 1 aromatic rings. The number of hydrogen-bond acceptors (Lipinski definition) is 2. The first-order chi connectivity index (χ1) is 9.19. The highest BCUT2D eigenvalue weighted by Crippen LogP contribution is 2.03. The molecule has 0 unspecified atom stereocenters. The van der Waals surface area contributed by atoms with Gasteiger partial charge in [-0.15, -0.1) is 6.58 Å². The van der Waals surface area contributed by atoms with E-state index in [1.807, 2.05) is 13.0 Å². The fourth-order valence-corrected chi connectivity index (χ4v) is 1.70. The lowest BCUT2D eigenvalue weighted by atomic mass is 10.1. The molecule has 0 fully saturated rings. The Kier molecular flexibility index (Phi) is 6.17. The Morgan fingerprint density at radius 1 is 1.58 bits per heavy atom. The van der Waals surface area contributed by atoms with Crippen LogP contribution in [0.15, 0.2) is 36.9 Å². The molecule has 0 radical (unpaired) electrons. The van der Waals surface area contributed by atoms with Crippen molar-refractivity contribution in [2.45, 2.75) is 32.4 Å². The molecule has 0 heterocycles. The maximum Gasteiger partial charge on any atom is 0.315 e. The van der Waals surface area contributed by atoms with E-state index in [1.54, 1.807) is 24.3 Å². The molecule has 2 amide bonds. The van der Waals surface area contributed by atoms with Gasteiger partial charge in [-0.2, -0.15) is 5.26 Å². The van der Waals surface area contributed by atoms with E-state index >= 15 is 0 Å². The van der Waals surface area contributed by atoms with Gasteiger partial charge in [-0.3, -0.25) is 0 Å². The number of urea groups is 1. The number of nitrogens with zero attached hydrogens (tertiary/aromatic N) is 1. The second-order valence-electron chi connectivity index (χ2n) is 4.27. The van der Waals surface area contributed by atoms with E-state index in [2.05, 4.69) is 23.3 Å². The number of nitrogens with one attached hydrogen (secondary N) is 2. The van der Waals surface area contributed by atoms with Gasteiger partial charge in [0.05, 0.1) is 11.6 Å².